The van der Waals surface area contributed by atoms with Crippen LogP contribution in [0.4, 0.5) is 0 Å². The Morgan fingerprint density at radius 3 is 2.00 bits per heavy atom. The SMILES string of the molecule is S=[C]C=C=S. The number of hydrogen-bond acceptors (Lipinski definition) is 2. The van der Waals surface area contributed by atoms with Gasteiger partial charge in [-0.2, -0.15) is 0 Å². The molecule has 2 heteroatoms. The maximum absolute atomic E-state index is 4.22. The minimum atomic E-state index is 1.38. The van der Waals surface area contributed by atoms with Crippen LogP contribution in [0.15, 0.2) is 6.08 Å². The fraction of sp³-hybridized carbons (Fsp3) is 0. The molecular weight excluding hydrogens is 100 g/mol. The average molecular weight is 101 g/mol. The highest BCUT2D eigenvalue weighted by Gasteiger charge is 1.43. The van der Waals surface area contributed by atoms with Gasteiger partial charge in [-0.1, -0.05) is 12.2 Å². The van der Waals surface area contributed by atoms with Crippen molar-refractivity contribution in [2.75, 3.05) is 0 Å². The van der Waals surface area contributed by atoms with Crippen LogP contribution in [-0.2, 0) is 0 Å². The van der Waals surface area contributed by atoms with Crippen LogP contribution in [0, 0.1) is 0 Å². The van der Waals surface area contributed by atoms with Gasteiger partial charge < -0.3 is 0 Å². The van der Waals surface area contributed by atoms with Crippen molar-refractivity contribution in [3.63, 3.8) is 0 Å². The molecule has 0 aliphatic heterocycles. The van der Waals surface area contributed by atoms with Gasteiger partial charge in [-0.3, -0.25) is 0 Å². The third-order valence-corrected chi connectivity index (χ3v) is 0.354. The first-order valence-corrected chi connectivity index (χ1v) is 1.80. The molecule has 0 spiro atoms. The molecule has 0 bridgehead atoms. The normalized spacial score (nSPS) is 4.80. The summed E-state index contributed by atoms with van der Waals surface area (Å²) in [6.07, 6.45) is 1.38. The molecule has 0 aliphatic carbocycles. The van der Waals surface area contributed by atoms with Gasteiger partial charge in [0.25, 0.3) is 0 Å². The van der Waals surface area contributed by atoms with Gasteiger partial charge in [-0.05, 0) is 17.2 Å². The van der Waals surface area contributed by atoms with Gasteiger partial charge in [0.2, 0.25) is 0 Å². The Hall–Kier alpha value is -0.0400. The molecule has 0 amide bonds. The number of thiocarbonyl (C=S) groups is 2. The lowest BCUT2D eigenvalue weighted by Gasteiger charge is -1.40. The van der Waals surface area contributed by atoms with Gasteiger partial charge in [0.1, 0.15) is 0 Å². The lowest BCUT2D eigenvalue weighted by atomic mass is 10.8. The Labute approximate surface area is 41.5 Å². The van der Waals surface area contributed by atoms with E-state index in [0.29, 0.717) is 0 Å². The lowest BCUT2D eigenvalue weighted by molar-refractivity contribution is 2.80. The summed E-state index contributed by atoms with van der Waals surface area (Å²) >= 11 is 8.43. The first-order chi connectivity index (χ1) is 2.41. The van der Waals surface area contributed by atoms with E-state index in [4.69, 9.17) is 0 Å². The maximum atomic E-state index is 4.22. The Morgan fingerprint density at radius 2 is 2.00 bits per heavy atom. The summed E-state index contributed by atoms with van der Waals surface area (Å²) in [6.45, 7) is 0. The van der Waals surface area contributed by atoms with E-state index in [1.807, 2.05) is 0 Å². The van der Waals surface area contributed by atoms with Crippen LogP contribution in [0.3, 0.4) is 0 Å². The first kappa shape index (κ1) is 4.96. The highest BCUT2D eigenvalue weighted by atomic mass is 32.1. The largest absolute Gasteiger partial charge is 0.0778 e. The molecule has 0 nitrogen and oxygen atoms in total. The van der Waals surface area contributed by atoms with Crippen molar-refractivity contribution in [3.05, 3.63) is 6.08 Å². The molecule has 0 aromatic heterocycles. The molecular formula is C3HS2. The monoisotopic (exact) mass is 101 g/mol. The summed E-state index contributed by atoms with van der Waals surface area (Å²) in [7, 11) is 0. The van der Waals surface area contributed by atoms with Crippen LogP contribution in [0.5, 0.6) is 0 Å². The summed E-state index contributed by atoms with van der Waals surface area (Å²) < 4.78 is 0. The molecule has 0 aromatic rings. The summed E-state index contributed by atoms with van der Waals surface area (Å²) in [5.41, 5.74) is 0. The molecule has 0 atom stereocenters. The predicted molar refractivity (Wildman–Crippen MR) is 29.8 cm³/mol. The fourth-order valence-electron chi connectivity index (χ4n) is 0.0241. The standard InChI is InChI=1S/C3HS2/c4-2-1-3-5/h1H. The third-order valence-electron chi connectivity index (χ3n) is 0.118. The number of rotatable bonds is 1. The minimum absolute atomic E-state index is 1.38. The first-order valence-electron chi connectivity index (χ1n) is 0.986. The fourth-order valence-corrected chi connectivity index (χ4v) is 0.217. The van der Waals surface area contributed by atoms with Gasteiger partial charge in [0.05, 0.1) is 5.37 Å². The Kier molecular flexibility index (Phi) is 3.93. The molecule has 0 saturated carbocycles. The molecule has 1 radical (unpaired) electrons. The molecule has 0 rings (SSSR count). The molecule has 25 valence electrons. The van der Waals surface area contributed by atoms with E-state index in [-0.39, 0.29) is 0 Å². The van der Waals surface area contributed by atoms with Gasteiger partial charge in [-0.25, -0.2) is 0 Å². The third kappa shape index (κ3) is 3.96. The highest BCUT2D eigenvalue weighted by molar-refractivity contribution is 7.80. The molecule has 0 heterocycles. The highest BCUT2D eigenvalue weighted by Crippen LogP contribution is 1.47. The molecule has 5 heavy (non-hydrogen) atoms. The van der Waals surface area contributed by atoms with Crippen molar-refractivity contribution in [1.82, 2.24) is 0 Å². The maximum Gasteiger partial charge on any atom is 0.0649 e. The zero-order valence-electron chi connectivity index (χ0n) is 2.39. The average Bonchev–Trinajstić information content (AvgIpc) is 1.41. The molecule has 0 unspecified atom stereocenters. The van der Waals surface area contributed by atoms with Crippen LogP contribution >= 0.6 is 24.4 Å². The Bertz CT molecular complexity index is 69.0. The van der Waals surface area contributed by atoms with Gasteiger partial charge in [-0.15, -0.1) is 0 Å². The van der Waals surface area contributed by atoms with E-state index in [1.54, 1.807) is 0 Å². The van der Waals surface area contributed by atoms with Crippen molar-refractivity contribution in [2.45, 2.75) is 0 Å². The number of allylic oxidation sites excluding steroid dienone is 1. The quantitative estimate of drug-likeness (QED) is 0.357. The summed E-state index contributed by atoms with van der Waals surface area (Å²) in [4.78, 5) is 0. The van der Waals surface area contributed by atoms with Crippen LogP contribution in [0.2, 0.25) is 0 Å². The van der Waals surface area contributed by atoms with Crippen molar-refractivity contribution >= 4 is 34.8 Å². The topological polar surface area (TPSA) is 0 Å². The van der Waals surface area contributed by atoms with E-state index in [9.17, 15) is 0 Å². The summed E-state index contributed by atoms with van der Waals surface area (Å²) in [5, 5.41) is 4.52. The van der Waals surface area contributed by atoms with Crippen LogP contribution in [0.25, 0.3) is 0 Å². The van der Waals surface area contributed by atoms with E-state index in [2.05, 4.69) is 34.8 Å². The van der Waals surface area contributed by atoms with Crippen molar-refractivity contribution < 1.29 is 0 Å². The predicted octanol–water partition coefficient (Wildman–Crippen LogP) is 1.02. The molecule has 0 aliphatic rings. The Balaban J connectivity index is 3.31. The van der Waals surface area contributed by atoms with Crippen LogP contribution in [0.1, 0.15) is 0 Å². The zero-order valence-corrected chi connectivity index (χ0v) is 4.03. The van der Waals surface area contributed by atoms with E-state index >= 15 is 0 Å². The summed E-state index contributed by atoms with van der Waals surface area (Å²) in [6, 6.07) is 0. The molecule has 0 aromatic carbocycles. The molecule has 0 saturated heterocycles. The zero-order chi connectivity index (χ0) is 4.12. The van der Waals surface area contributed by atoms with Gasteiger partial charge in [0.15, 0.2) is 0 Å². The van der Waals surface area contributed by atoms with E-state index in [0.717, 1.165) is 0 Å². The van der Waals surface area contributed by atoms with Crippen molar-refractivity contribution in [1.29, 1.82) is 0 Å². The number of hydrogen-bond donors (Lipinski definition) is 0. The van der Waals surface area contributed by atoms with E-state index in [1.165, 1.54) is 6.08 Å². The van der Waals surface area contributed by atoms with Crippen molar-refractivity contribution in [3.8, 4) is 0 Å². The Morgan fingerprint density at radius 1 is 1.40 bits per heavy atom. The minimum Gasteiger partial charge on any atom is -0.0778 e. The van der Waals surface area contributed by atoms with Crippen LogP contribution in [-0.4, -0.2) is 10.4 Å². The van der Waals surface area contributed by atoms with Gasteiger partial charge >= 0.3 is 0 Å². The van der Waals surface area contributed by atoms with Crippen LogP contribution < -0.4 is 0 Å². The second kappa shape index (κ2) is 3.96. The lowest BCUT2D eigenvalue weighted by Crippen LogP contribution is -1.45. The second-order valence-corrected chi connectivity index (χ2v) is 0.851. The second-order valence-electron chi connectivity index (χ2n) is 0.380. The molecule has 0 N–H and O–H groups in total. The van der Waals surface area contributed by atoms with Crippen molar-refractivity contribution in [2.24, 2.45) is 0 Å². The van der Waals surface area contributed by atoms with E-state index < -0.39 is 0 Å². The van der Waals surface area contributed by atoms with Gasteiger partial charge in [0, 0.05) is 6.08 Å². The smallest absolute Gasteiger partial charge is 0.0649 e. The summed E-state index contributed by atoms with van der Waals surface area (Å²) in [5.74, 6) is 0. The molecule has 0 fully saturated rings.